The number of nitrogens with one attached hydrogen (secondary N) is 1. The van der Waals surface area contributed by atoms with E-state index in [9.17, 15) is 14.0 Å². The summed E-state index contributed by atoms with van der Waals surface area (Å²) in [6.07, 6.45) is 1.92. The molecule has 2 aliphatic heterocycles. The highest BCUT2D eigenvalue weighted by molar-refractivity contribution is 6.01. The van der Waals surface area contributed by atoms with Crippen molar-refractivity contribution in [1.29, 1.82) is 0 Å². The molecule has 2 amide bonds. The van der Waals surface area contributed by atoms with Crippen molar-refractivity contribution < 1.29 is 14.0 Å². The summed E-state index contributed by atoms with van der Waals surface area (Å²) < 4.78 is 13.3. The van der Waals surface area contributed by atoms with Crippen LogP contribution >= 0.6 is 0 Å². The summed E-state index contributed by atoms with van der Waals surface area (Å²) in [6, 6.07) is 4.20. The Labute approximate surface area is 128 Å². The van der Waals surface area contributed by atoms with Crippen LogP contribution in [0, 0.1) is 11.7 Å². The van der Waals surface area contributed by atoms with Gasteiger partial charge in [0.1, 0.15) is 5.82 Å². The van der Waals surface area contributed by atoms with Crippen molar-refractivity contribution in [2.45, 2.75) is 25.2 Å². The first-order chi connectivity index (χ1) is 10.6. The fraction of sp³-hybridized carbons (Fsp3) is 0.500. The lowest BCUT2D eigenvalue weighted by molar-refractivity contribution is -0.136. The molecule has 0 bridgehead atoms. The average Bonchev–Trinajstić information content (AvgIpc) is 2.53. The Kier molecular flexibility index (Phi) is 4.11. The van der Waals surface area contributed by atoms with Gasteiger partial charge in [-0.25, -0.2) is 4.39 Å². The highest BCUT2D eigenvalue weighted by atomic mass is 19.1. The third kappa shape index (κ3) is 2.83. The van der Waals surface area contributed by atoms with Crippen molar-refractivity contribution in [3.8, 4) is 0 Å². The number of amides is 2. The Morgan fingerprint density at radius 1 is 1.36 bits per heavy atom. The topological polar surface area (TPSA) is 75.4 Å². The van der Waals surface area contributed by atoms with Gasteiger partial charge in [0.2, 0.25) is 11.8 Å². The van der Waals surface area contributed by atoms with E-state index in [-0.39, 0.29) is 18.2 Å². The van der Waals surface area contributed by atoms with Crippen LogP contribution in [0.3, 0.4) is 0 Å². The molecule has 3 N–H and O–H groups in total. The number of rotatable bonds is 2. The van der Waals surface area contributed by atoms with Crippen molar-refractivity contribution in [2.75, 3.05) is 25.0 Å². The summed E-state index contributed by atoms with van der Waals surface area (Å²) >= 11 is 0. The first kappa shape index (κ1) is 15.0. The molecule has 1 saturated heterocycles. The van der Waals surface area contributed by atoms with Gasteiger partial charge in [-0.05, 0) is 43.0 Å². The van der Waals surface area contributed by atoms with E-state index in [0.29, 0.717) is 36.8 Å². The molecule has 1 aromatic carbocycles. The second-order valence-corrected chi connectivity index (χ2v) is 6.04. The highest BCUT2D eigenvalue weighted by Gasteiger charge is 2.34. The Balaban J connectivity index is 1.80. The number of nitrogens with two attached hydrogens (primary N) is 1. The van der Waals surface area contributed by atoms with E-state index in [4.69, 9.17) is 5.73 Å². The summed E-state index contributed by atoms with van der Waals surface area (Å²) in [4.78, 5) is 26.4. The van der Waals surface area contributed by atoms with Crippen LogP contribution in [0.5, 0.6) is 0 Å². The molecule has 0 spiro atoms. The fourth-order valence-corrected chi connectivity index (χ4v) is 3.27. The number of fused-ring (bicyclic) bond motifs is 1. The minimum atomic E-state index is -0.515. The van der Waals surface area contributed by atoms with Gasteiger partial charge in [-0.2, -0.15) is 0 Å². The van der Waals surface area contributed by atoms with Crippen LogP contribution in [0.1, 0.15) is 30.7 Å². The molecule has 2 heterocycles. The number of likely N-dealkylation sites (tertiary alicyclic amines) is 1. The van der Waals surface area contributed by atoms with Crippen molar-refractivity contribution >= 4 is 17.5 Å². The van der Waals surface area contributed by atoms with Gasteiger partial charge in [0.25, 0.3) is 0 Å². The molecule has 0 aromatic heterocycles. The predicted octanol–water partition coefficient (Wildman–Crippen LogP) is 1.45. The number of piperidine rings is 1. The van der Waals surface area contributed by atoms with Crippen LogP contribution in [-0.2, 0) is 9.59 Å². The second kappa shape index (κ2) is 6.04. The lowest BCUT2D eigenvalue weighted by Crippen LogP contribution is -2.44. The van der Waals surface area contributed by atoms with Crippen LogP contribution in [0.4, 0.5) is 10.1 Å². The van der Waals surface area contributed by atoms with Crippen molar-refractivity contribution in [3.63, 3.8) is 0 Å². The van der Waals surface area contributed by atoms with Crippen molar-refractivity contribution in [3.05, 3.63) is 29.6 Å². The van der Waals surface area contributed by atoms with Crippen molar-refractivity contribution in [2.24, 2.45) is 11.7 Å². The summed E-state index contributed by atoms with van der Waals surface area (Å²) in [5, 5.41) is 2.64. The van der Waals surface area contributed by atoms with Gasteiger partial charge < -0.3 is 16.0 Å². The number of benzene rings is 1. The number of anilines is 1. The normalized spacial score (nSPS) is 22.2. The van der Waals surface area contributed by atoms with E-state index in [2.05, 4.69) is 5.32 Å². The maximum absolute atomic E-state index is 13.3. The van der Waals surface area contributed by atoms with Gasteiger partial charge in [0.05, 0.1) is 5.92 Å². The fourth-order valence-electron chi connectivity index (χ4n) is 3.27. The maximum Gasteiger partial charge on any atom is 0.230 e. The largest absolute Gasteiger partial charge is 0.342 e. The molecular formula is C16H20FN3O2. The molecule has 5 nitrogen and oxygen atoms in total. The van der Waals surface area contributed by atoms with E-state index in [1.807, 2.05) is 4.90 Å². The molecule has 1 atom stereocenters. The third-order valence-electron chi connectivity index (χ3n) is 4.61. The molecule has 0 radical (unpaired) electrons. The minimum Gasteiger partial charge on any atom is -0.342 e. The molecule has 1 fully saturated rings. The monoisotopic (exact) mass is 305 g/mol. The SMILES string of the molecule is NCC1CCN(C(=O)C2CC(=O)Nc3cc(F)ccc32)CC1. The molecule has 118 valence electrons. The van der Waals surface area contributed by atoms with Crippen LogP contribution < -0.4 is 11.1 Å². The molecule has 2 aliphatic rings. The van der Waals surface area contributed by atoms with Crippen LogP contribution in [-0.4, -0.2) is 36.3 Å². The van der Waals surface area contributed by atoms with Gasteiger partial charge in [-0.15, -0.1) is 0 Å². The first-order valence-electron chi connectivity index (χ1n) is 7.66. The zero-order valence-corrected chi connectivity index (χ0v) is 12.3. The van der Waals surface area contributed by atoms with Crippen LogP contribution in [0.15, 0.2) is 18.2 Å². The third-order valence-corrected chi connectivity index (χ3v) is 4.61. The zero-order valence-electron chi connectivity index (χ0n) is 12.3. The Morgan fingerprint density at radius 2 is 2.09 bits per heavy atom. The van der Waals surface area contributed by atoms with Gasteiger partial charge in [0.15, 0.2) is 0 Å². The first-order valence-corrected chi connectivity index (χ1v) is 7.66. The molecule has 22 heavy (non-hydrogen) atoms. The molecular weight excluding hydrogens is 285 g/mol. The van der Waals surface area contributed by atoms with Gasteiger partial charge in [-0.1, -0.05) is 6.07 Å². The standard InChI is InChI=1S/C16H20FN3O2/c17-11-1-2-12-13(8-15(21)19-14(12)7-11)16(22)20-5-3-10(9-18)4-6-20/h1-2,7,10,13H,3-6,8-9,18H2,(H,19,21). The number of hydrogen-bond acceptors (Lipinski definition) is 3. The Bertz CT molecular complexity index is 597. The van der Waals surface area contributed by atoms with Crippen molar-refractivity contribution in [1.82, 2.24) is 4.90 Å². The molecule has 1 aromatic rings. The average molecular weight is 305 g/mol. The second-order valence-electron chi connectivity index (χ2n) is 6.04. The van der Waals surface area contributed by atoms with E-state index in [0.717, 1.165) is 12.8 Å². The summed E-state index contributed by atoms with van der Waals surface area (Å²) in [5.41, 5.74) is 6.78. The van der Waals surface area contributed by atoms with Gasteiger partial charge in [-0.3, -0.25) is 9.59 Å². The molecule has 3 rings (SSSR count). The number of carbonyl (C=O) groups is 2. The Hall–Kier alpha value is -1.95. The molecule has 6 heteroatoms. The number of halogens is 1. The number of hydrogen-bond donors (Lipinski definition) is 2. The quantitative estimate of drug-likeness (QED) is 0.868. The summed E-state index contributed by atoms with van der Waals surface area (Å²) in [6.45, 7) is 2.00. The van der Waals surface area contributed by atoms with Crippen LogP contribution in [0.25, 0.3) is 0 Å². The van der Waals surface area contributed by atoms with Gasteiger partial charge >= 0.3 is 0 Å². The Morgan fingerprint density at radius 3 is 2.77 bits per heavy atom. The van der Waals surface area contributed by atoms with E-state index >= 15 is 0 Å². The number of nitrogens with zero attached hydrogens (tertiary/aromatic N) is 1. The molecule has 1 unspecified atom stereocenters. The number of carbonyl (C=O) groups excluding carboxylic acids is 2. The summed E-state index contributed by atoms with van der Waals surface area (Å²) in [5.74, 6) is -0.749. The lowest BCUT2D eigenvalue weighted by atomic mass is 9.88. The van der Waals surface area contributed by atoms with E-state index in [1.165, 1.54) is 12.1 Å². The molecule has 0 saturated carbocycles. The minimum absolute atomic E-state index is 0.0434. The van der Waals surface area contributed by atoms with Crippen LogP contribution in [0.2, 0.25) is 0 Å². The highest BCUT2D eigenvalue weighted by Crippen LogP contribution is 2.34. The van der Waals surface area contributed by atoms with Gasteiger partial charge in [0, 0.05) is 25.2 Å². The predicted molar refractivity (Wildman–Crippen MR) is 80.7 cm³/mol. The molecule has 0 aliphatic carbocycles. The van der Waals surface area contributed by atoms with E-state index < -0.39 is 11.7 Å². The van der Waals surface area contributed by atoms with E-state index in [1.54, 1.807) is 6.07 Å². The smallest absolute Gasteiger partial charge is 0.230 e. The summed E-state index contributed by atoms with van der Waals surface area (Å²) in [7, 11) is 0. The zero-order chi connectivity index (χ0) is 15.7. The lowest BCUT2D eigenvalue weighted by Gasteiger charge is -2.35. The maximum atomic E-state index is 13.3.